The van der Waals surface area contributed by atoms with Gasteiger partial charge in [-0.1, -0.05) is 44.2 Å². The molecule has 3 nitrogen and oxygen atoms in total. The number of nitrogens with one attached hydrogen (secondary N) is 2. The van der Waals surface area contributed by atoms with Crippen LogP contribution in [-0.4, -0.2) is 18.5 Å². The Bertz CT molecular complexity index is 444. The van der Waals surface area contributed by atoms with Crippen LogP contribution in [0.3, 0.4) is 0 Å². The van der Waals surface area contributed by atoms with E-state index in [1.165, 1.54) is 5.56 Å². The summed E-state index contributed by atoms with van der Waals surface area (Å²) in [7, 11) is 0. The first kappa shape index (κ1) is 16.0. The average molecular weight is 288 g/mol. The normalized spacial score (nSPS) is 23.8. The van der Waals surface area contributed by atoms with Gasteiger partial charge in [-0.2, -0.15) is 0 Å². The Hall–Kier alpha value is -1.35. The molecule has 116 valence electrons. The number of carbonyl (C=O) groups is 1. The summed E-state index contributed by atoms with van der Waals surface area (Å²) < 4.78 is 0. The maximum Gasteiger partial charge on any atom is 0.223 e. The Labute approximate surface area is 128 Å². The van der Waals surface area contributed by atoms with Gasteiger partial charge in [0.05, 0.1) is 6.04 Å². The van der Waals surface area contributed by atoms with Crippen LogP contribution in [0.5, 0.6) is 0 Å². The molecule has 1 aromatic rings. The van der Waals surface area contributed by atoms with Crippen LogP contribution in [0.15, 0.2) is 30.3 Å². The maximum atomic E-state index is 12.6. The fraction of sp³-hybridized carbons (Fsp3) is 0.611. The van der Waals surface area contributed by atoms with Crippen LogP contribution < -0.4 is 10.6 Å². The van der Waals surface area contributed by atoms with Gasteiger partial charge < -0.3 is 10.6 Å². The van der Waals surface area contributed by atoms with E-state index >= 15 is 0 Å². The highest BCUT2D eigenvalue weighted by atomic mass is 16.1. The molecule has 21 heavy (non-hydrogen) atoms. The third-order valence-corrected chi connectivity index (χ3v) is 4.22. The third-order valence-electron chi connectivity index (χ3n) is 4.22. The van der Waals surface area contributed by atoms with Crippen molar-refractivity contribution >= 4 is 5.91 Å². The molecule has 1 amide bonds. The first-order valence-corrected chi connectivity index (χ1v) is 8.15. The fourth-order valence-electron chi connectivity index (χ4n) is 3.09. The standard InChI is InChI=1S/C18H28N2O/c1-13(2)11-17(15-7-5-4-6-8-15)20-18(21)16-9-10-19-14(3)12-16/h4-8,13-14,16-17,19H,9-12H2,1-3H3,(H,20,21)/t14-,16-,17?/m0/s1. The van der Waals surface area contributed by atoms with Gasteiger partial charge in [0.15, 0.2) is 0 Å². The van der Waals surface area contributed by atoms with Crippen molar-refractivity contribution in [3.63, 3.8) is 0 Å². The Kier molecular flexibility index (Phi) is 5.80. The Morgan fingerprint density at radius 2 is 2.05 bits per heavy atom. The molecule has 3 atom stereocenters. The van der Waals surface area contributed by atoms with Crippen molar-refractivity contribution in [2.75, 3.05) is 6.54 Å². The SMILES string of the molecule is CC(C)CC(NC(=O)[C@H]1CCN[C@@H](C)C1)c1ccccc1. The molecule has 3 heteroatoms. The summed E-state index contributed by atoms with van der Waals surface area (Å²) in [5, 5.41) is 6.69. The van der Waals surface area contributed by atoms with E-state index in [1.54, 1.807) is 0 Å². The van der Waals surface area contributed by atoms with E-state index < -0.39 is 0 Å². The van der Waals surface area contributed by atoms with E-state index in [1.807, 2.05) is 18.2 Å². The summed E-state index contributed by atoms with van der Waals surface area (Å²) >= 11 is 0. The van der Waals surface area contributed by atoms with Gasteiger partial charge in [-0.15, -0.1) is 0 Å². The summed E-state index contributed by atoms with van der Waals surface area (Å²) in [5.74, 6) is 0.930. The highest BCUT2D eigenvalue weighted by Crippen LogP contribution is 2.23. The topological polar surface area (TPSA) is 41.1 Å². The molecule has 0 aromatic heterocycles. The molecule has 2 rings (SSSR count). The minimum absolute atomic E-state index is 0.129. The van der Waals surface area contributed by atoms with E-state index in [-0.39, 0.29) is 17.9 Å². The van der Waals surface area contributed by atoms with Crippen molar-refractivity contribution in [1.29, 1.82) is 0 Å². The molecule has 0 radical (unpaired) electrons. The van der Waals surface area contributed by atoms with E-state index in [2.05, 4.69) is 43.5 Å². The van der Waals surface area contributed by atoms with Gasteiger partial charge in [0, 0.05) is 12.0 Å². The zero-order chi connectivity index (χ0) is 15.2. The summed E-state index contributed by atoms with van der Waals surface area (Å²) in [6.45, 7) is 7.51. The zero-order valence-corrected chi connectivity index (χ0v) is 13.4. The molecular weight excluding hydrogens is 260 g/mol. The van der Waals surface area contributed by atoms with Crippen molar-refractivity contribution in [3.8, 4) is 0 Å². The van der Waals surface area contributed by atoms with Gasteiger partial charge in [-0.25, -0.2) is 0 Å². The lowest BCUT2D eigenvalue weighted by atomic mass is 9.91. The van der Waals surface area contributed by atoms with Gasteiger partial charge in [0.25, 0.3) is 0 Å². The number of piperidine rings is 1. The second-order valence-corrected chi connectivity index (χ2v) is 6.68. The Morgan fingerprint density at radius 1 is 1.33 bits per heavy atom. The predicted octanol–water partition coefficient (Wildman–Crippen LogP) is 3.28. The summed E-state index contributed by atoms with van der Waals surface area (Å²) in [4.78, 5) is 12.6. The van der Waals surface area contributed by atoms with Crippen molar-refractivity contribution in [3.05, 3.63) is 35.9 Å². The van der Waals surface area contributed by atoms with Gasteiger partial charge in [0.1, 0.15) is 0 Å². The molecule has 2 N–H and O–H groups in total. The maximum absolute atomic E-state index is 12.6. The van der Waals surface area contributed by atoms with Gasteiger partial charge in [0.2, 0.25) is 5.91 Å². The third kappa shape index (κ3) is 4.85. The summed E-state index contributed by atoms with van der Waals surface area (Å²) in [6.07, 6.45) is 2.87. The molecule has 0 bridgehead atoms. The molecule has 1 saturated heterocycles. The average Bonchev–Trinajstić information content (AvgIpc) is 2.47. The van der Waals surface area contributed by atoms with Gasteiger partial charge in [-0.3, -0.25) is 4.79 Å². The van der Waals surface area contributed by atoms with Crippen LogP contribution in [-0.2, 0) is 4.79 Å². The Morgan fingerprint density at radius 3 is 2.67 bits per heavy atom. The van der Waals surface area contributed by atoms with Crippen LogP contribution in [0.4, 0.5) is 0 Å². The molecule has 1 aliphatic rings. The first-order chi connectivity index (χ1) is 10.1. The lowest BCUT2D eigenvalue weighted by Gasteiger charge is -2.29. The van der Waals surface area contributed by atoms with Crippen LogP contribution in [0, 0.1) is 11.8 Å². The second kappa shape index (κ2) is 7.60. The van der Waals surface area contributed by atoms with E-state index in [4.69, 9.17) is 0 Å². The number of hydrogen-bond acceptors (Lipinski definition) is 2. The zero-order valence-electron chi connectivity index (χ0n) is 13.4. The van der Waals surface area contributed by atoms with Crippen LogP contribution >= 0.6 is 0 Å². The fourth-order valence-corrected chi connectivity index (χ4v) is 3.09. The highest BCUT2D eigenvalue weighted by molar-refractivity contribution is 5.79. The number of benzene rings is 1. The summed E-state index contributed by atoms with van der Waals surface area (Å²) in [6, 6.07) is 10.9. The minimum Gasteiger partial charge on any atom is -0.349 e. The second-order valence-electron chi connectivity index (χ2n) is 6.68. The lowest BCUT2D eigenvalue weighted by Crippen LogP contribution is -2.43. The van der Waals surface area contributed by atoms with Crippen LogP contribution in [0.2, 0.25) is 0 Å². The molecule has 1 heterocycles. The molecule has 1 aromatic carbocycles. The van der Waals surface area contributed by atoms with Crippen molar-refractivity contribution < 1.29 is 4.79 Å². The number of amides is 1. The smallest absolute Gasteiger partial charge is 0.223 e. The molecule has 0 aliphatic carbocycles. The monoisotopic (exact) mass is 288 g/mol. The van der Waals surface area contributed by atoms with Crippen LogP contribution in [0.1, 0.15) is 51.6 Å². The minimum atomic E-state index is 0.129. The van der Waals surface area contributed by atoms with Gasteiger partial charge in [-0.05, 0) is 44.2 Å². The van der Waals surface area contributed by atoms with Crippen LogP contribution in [0.25, 0.3) is 0 Å². The highest BCUT2D eigenvalue weighted by Gasteiger charge is 2.26. The van der Waals surface area contributed by atoms with Crippen molar-refractivity contribution in [2.24, 2.45) is 11.8 Å². The molecule has 0 spiro atoms. The first-order valence-electron chi connectivity index (χ1n) is 8.15. The van der Waals surface area contributed by atoms with Crippen molar-refractivity contribution in [2.45, 2.75) is 52.1 Å². The Balaban J connectivity index is 2.02. The molecule has 1 fully saturated rings. The van der Waals surface area contributed by atoms with E-state index in [9.17, 15) is 4.79 Å². The largest absolute Gasteiger partial charge is 0.349 e. The van der Waals surface area contributed by atoms with E-state index in [0.717, 1.165) is 25.8 Å². The summed E-state index contributed by atoms with van der Waals surface area (Å²) in [5.41, 5.74) is 1.21. The molecule has 0 saturated carbocycles. The molecular formula is C18H28N2O. The number of hydrogen-bond donors (Lipinski definition) is 2. The van der Waals surface area contributed by atoms with E-state index in [0.29, 0.717) is 12.0 Å². The quantitative estimate of drug-likeness (QED) is 0.873. The molecule has 1 aliphatic heterocycles. The molecule has 1 unspecified atom stereocenters. The number of carbonyl (C=O) groups excluding carboxylic acids is 1. The lowest BCUT2D eigenvalue weighted by molar-refractivity contribution is -0.127. The van der Waals surface area contributed by atoms with Gasteiger partial charge >= 0.3 is 0 Å². The predicted molar refractivity (Wildman–Crippen MR) is 87.0 cm³/mol. The van der Waals surface area contributed by atoms with Crippen molar-refractivity contribution in [1.82, 2.24) is 10.6 Å². The number of rotatable bonds is 5.